The summed E-state index contributed by atoms with van der Waals surface area (Å²) >= 11 is 6.48. The molecule has 0 bridgehead atoms. The van der Waals surface area contributed by atoms with E-state index in [2.05, 4.69) is 43.7 Å². The lowest BCUT2D eigenvalue weighted by molar-refractivity contribution is 0.473. The number of aromatic hydroxyl groups is 1. The molecule has 0 amide bonds. The Bertz CT molecular complexity index is 336. The van der Waals surface area contributed by atoms with Gasteiger partial charge in [0.1, 0.15) is 5.75 Å². The Kier molecular flexibility index (Phi) is 3.64. The Morgan fingerprint density at radius 2 is 2.17 bits per heavy atom. The second-order valence-electron chi connectivity index (χ2n) is 2.10. The van der Waals surface area contributed by atoms with Crippen molar-refractivity contribution in [1.29, 1.82) is 0 Å². The molecule has 1 nitrogen and oxygen atoms in total. The zero-order valence-electron chi connectivity index (χ0n) is 6.14. The average molecular weight is 290 g/mol. The van der Waals surface area contributed by atoms with Crippen LogP contribution in [0.3, 0.4) is 0 Å². The molecule has 0 atom stereocenters. The lowest BCUT2D eigenvalue weighted by atomic mass is 10.2. The van der Waals surface area contributed by atoms with E-state index < -0.39 is 0 Å². The van der Waals surface area contributed by atoms with Gasteiger partial charge in [-0.05, 0) is 18.2 Å². The van der Waals surface area contributed by atoms with Gasteiger partial charge in [0.25, 0.3) is 0 Å². The maximum atomic E-state index is 9.32. The average Bonchev–Trinajstić information content (AvgIpc) is 2.07. The molecule has 3 heteroatoms. The van der Waals surface area contributed by atoms with Crippen molar-refractivity contribution in [3.05, 3.63) is 28.2 Å². The standard InChI is InChI=1S/C9H6Br2O/c10-5-1-2-7-6-8(11)3-4-9(7)12/h3-4,6,12H,5H2. The minimum atomic E-state index is 0.214. The third-order valence-corrected chi connectivity index (χ3v) is 2.02. The molecule has 12 heavy (non-hydrogen) atoms. The molecule has 1 rings (SSSR count). The van der Waals surface area contributed by atoms with Gasteiger partial charge in [-0.2, -0.15) is 0 Å². The van der Waals surface area contributed by atoms with Gasteiger partial charge in [-0.1, -0.05) is 43.7 Å². The van der Waals surface area contributed by atoms with E-state index in [4.69, 9.17) is 0 Å². The topological polar surface area (TPSA) is 20.2 Å². The van der Waals surface area contributed by atoms with E-state index in [1.54, 1.807) is 18.2 Å². The van der Waals surface area contributed by atoms with Crippen LogP contribution >= 0.6 is 31.9 Å². The molecule has 0 fully saturated rings. The van der Waals surface area contributed by atoms with E-state index in [0.29, 0.717) is 10.9 Å². The molecule has 0 radical (unpaired) electrons. The first-order valence-corrected chi connectivity index (χ1v) is 5.19. The number of hydrogen-bond acceptors (Lipinski definition) is 1. The summed E-state index contributed by atoms with van der Waals surface area (Å²) in [4.78, 5) is 0. The number of phenols is 1. The summed E-state index contributed by atoms with van der Waals surface area (Å²) in [6, 6.07) is 5.17. The van der Waals surface area contributed by atoms with Gasteiger partial charge >= 0.3 is 0 Å². The normalized spacial score (nSPS) is 8.83. The molecule has 0 aliphatic heterocycles. The van der Waals surface area contributed by atoms with Crippen molar-refractivity contribution in [2.75, 3.05) is 5.33 Å². The summed E-state index contributed by atoms with van der Waals surface area (Å²) in [7, 11) is 0. The van der Waals surface area contributed by atoms with Crippen molar-refractivity contribution in [2.24, 2.45) is 0 Å². The van der Waals surface area contributed by atoms with Crippen LogP contribution in [-0.2, 0) is 0 Å². The highest BCUT2D eigenvalue weighted by Gasteiger charge is 1.96. The Balaban J connectivity index is 3.05. The predicted molar refractivity (Wildman–Crippen MR) is 56.5 cm³/mol. The minimum absolute atomic E-state index is 0.214. The molecule has 62 valence electrons. The summed E-state index contributed by atoms with van der Waals surface area (Å²) in [5.41, 5.74) is 0.642. The number of alkyl halides is 1. The number of hydrogen-bond donors (Lipinski definition) is 1. The van der Waals surface area contributed by atoms with Gasteiger partial charge in [0.15, 0.2) is 0 Å². The molecule has 0 heterocycles. The van der Waals surface area contributed by atoms with Gasteiger partial charge in [-0.25, -0.2) is 0 Å². The van der Waals surface area contributed by atoms with E-state index in [0.717, 1.165) is 4.47 Å². The molecule has 1 aromatic rings. The van der Waals surface area contributed by atoms with Crippen molar-refractivity contribution < 1.29 is 5.11 Å². The monoisotopic (exact) mass is 288 g/mol. The van der Waals surface area contributed by atoms with Gasteiger partial charge in [0.2, 0.25) is 0 Å². The molecule has 0 saturated carbocycles. The van der Waals surface area contributed by atoms with Crippen LogP contribution in [0.5, 0.6) is 5.75 Å². The molecule has 0 aromatic heterocycles. The first kappa shape index (κ1) is 9.63. The zero-order valence-corrected chi connectivity index (χ0v) is 9.31. The number of halogens is 2. The smallest absolute Gasteiger partial charge is 0.131 e. The number of phenolic OH excluding ortho intramolecular Hbond substituents is 1. The van der Waals surface area contributed by atoms with Gasteiger partial charge in [-0.3, -0.25) is 0 Å². The highest BCUT2D eigenvalue weighted by molar-refractivity contribution is 9.10. The van der Waals surface area contributed by atoms with E-state index in [1.807, 2.05) is 0 Å². The van der Waals surface area contributed by atoms with Crippen molar-refractivity contribution in [1.82, 2.24) is 0 Å². The van der Waals surface area contributed by atoms with Crippen molar-refractivity contribution in [3.63, 3.8) is 0 Å². The fraction of sp³-hybridized carbons (Fsp3) is 0.111. The van der Waals surface area contributed by atoms with Crippen LogP contribution < -0.4 is 0 Å². The molecule has 0 spiro atoms. The number of rotatable bonds is 0. The lowest BCUT2D eigenvalue weighted by Gasteiger charge is -1.96. The first-order valence-electron chi connectivity index (χ1n) is 3.27. The lowest BCUT2D eigenvalue weighted by Crippen LogP contribution is -1.76. The quantitative estimate of drug-likeness (QED) is 0.575. The summed E-state index contributed by atoms with van der Waals surface area (Å²) in [5.74, 6) is 5.86. The minimum Gasteiger partial charge on any atom is -0.507 e. The third-order valence-electron chi connectivity index (χ3n) is 1.25. The molecule has 0 aliphatic rings. The molecule has 0 aliphatic carbocycles. The molecule has 0 unspecified atom stereocenters. The highest BCUT2D eigenvalue weighted by Crippen LogP contribution is 2.20. The van der Waals surface area contributed by atoms with Crippen molar-refractivity contribution in [3.8, 4) is 17.6 Å². The highest BCUT2D eigenvalue weighted by atomic mass is 79.9. The largest absolute Gasteiger partial charge is 0.507 e. The Labute approximate surface area is 88.1 Å². The van der Waals surface area contributed by atoms with Crippen LogP contribution in [0.4, 0.5) is 0 Å². The van der Waals surface area contributed by atoms with Gasteiger partial charge in [0, 0.05) is 4.47 Å². The maximum Gasteiger partial charge on any atom is 0.131 e. The number of benzene rings is 1. The van der Waals surface area contributed by atoms with Crippen molar-refractivity contribution >= 4 is 31.9 Å². The molecular formula is C9H6Br2O. The zero-order chi connectivity index (χ0) is 8.97. The van der Waals surface area contributed by atoms with Gasteiger partial charge < -0.3 is 5.11 Å². The van der Waals surface area contributed by atoms with Crippen LogP contribution in [0.1, 0.15) is 5.56 Å². The van der Waals surface area contributed by atoms with E-state index >= 15 is 0 Å². The maximum absolute atomic E-state index is 9.32. The van der Waals surface area contributed by atoms with E-state index in [1.165, 1.54) is 0 Å². The third kappa shape index (κ3) is 2.54. The molecule has 1 N–H and O–H groups in total. The molecule has 1 aromatic carbocycles. The Hall–Kier alpha value is -0.460. The van der Waals surface area contributed by atoms with Crippen LogP contribution in [0.2, 0.25) is 0 Å². The van der Waals surface area contributed by atoms with Crippen LogP contribution in [0, 0.1) is 11.8 Å². The van der Waals surface area contributed by atoms with E-state index in [9.17, 15) is 5.11 Å². The summed E-state index contributed by atoms with van der Waals surface area (Å²) in [5, 5.41) is 9.93. The summed E-state index contributed by atoms with van der Waals surface area (Å²) < 4.78 is 0.916. The Morgan fingerprint density at radius 3 is 2.83 bits per heavy atom. The van der Waals surface area contributed by atoms with Gasteiger partial charge in [-0.15, -0.1) is 0 Å². The fourth-order valence-corrected chi connectivity index (χ4v) is 1.24. The van der Waals surface area contributed by atoms with Crippen LogP contribution in [-0.4, -0.2) is 10.4 Å². The van der Waals surface area contributed by atoms with Crippen molar-refractivity contribution in [2.45, 2.75) is 0 Å². The van der Waals surface area contributed by atoms with Gasteiger partial charge in [0.05, 0.1) is 10.9 Å². The predicted octanol–water partition coefficient (Wildman–Crippen LogP) is 2.90. The molecular weight excluding hydrogens is 284 g/mol. The Morgan fingerprint density at radius 1 is 1.42 bits per heavy atom. The SMILES string of the molecule is Oc1ccc(Br)cc1C#CCBr. The van der Waals surface area contributed by atoms with Crippen LogP contribution in [0.25, 0.3) is 0 Å². The van der Waals surface area contributed by atoms with Crippen LogP contribution in [0.15, 0.2) is 22.7 Å². The summed E-state index contributed by atoms with van der Waals surface area (Å²) in [6.07, 6.45) is 0. The second-order valence-corrected chi connectivity index (χ2v) is 3.57. The van der Waals surface area contributed by atoms with E-state index in [-0.39, 0.29) is 5.75 Å². The first-order chi connectivity index (χ1) is 5.74. The fourth-order valence-electron chi connectivity index (χ4n) is 0.737. The summed E-state index contributed by atoms with van der Waals surface area (Å²) in [6.45, 7) is 0. The molecule has 0 saturated heterocycles. The second kappa shape index (κ2) is 4.54.